The normalized spacial score (nSPS) is 17.2. The van der Waals surface area contributed by atoms with Gasteiger partial charge in [0.15, 0.2) is 11.5 Å². The first kappa shape index (κ1) is 18.6. The van der Waals surface area contributed by atoms with Crippen molar-refractivity contribution in [1.29, 1.82) is 0 Å². The molecule has 2 N–H and O–H groups in total. The van der Waals surface area contributed by atoms with Crippen LogP contribution in [-0.4, -0.2) is 51.8 Å². The molecule has 1 aromatic heterocycles. The van der Waals surface area contributed by atoms with Crippen molar-refractivity contribution in [1.82, 2.24) is 20.4 Å². The van der Waals surface area contributed by atoms with Gasteiger partial charge in [0, 0.05) is 31.1 Å². The van der Waals surface area contributed by atoms with Crippen molar-refractivity contribution < 1.29 is 19.1 Å². The largest absolute Gasteiger partial charge is 0.487 e. The second-order valence-electron chi connectivity index (χ2n) is 6.55. The van der Waals surface area contributed by atoms with Crippen LogP contribution in [0.5, 0.6) is 5.75 Å². The Hall–Kier alpha value is -3.16. The van der Waals surface area contributed by atoms with Crippen molar-refractivity contribution in [3.05, 3.63) is 47.3 Å². The van der Waals surface area contributed by atoms with Crippen LogP contribution < -0.4 is 10.1 Å². The molecule has 0 saturated carbocycles. The molecule has 27 heavy (non-hydrogen) atoms. The summed E-state index contributed by atoms with van der Waals surface area (Å²) in [6, 6.07) is 8.46. The molecule has 1 atom stereocenters. The molecule has 1 aromatic carbocycles. The van der Waals surface area contributed by atoms with Crippen molar-refractivity contribution in [2.24, 2.45) is 0 Å². The van der Waals surface area contributed by atoms with E-state index in [-0.39, 0.29) is 42.4 Å². The maximum atomic E-state index is 12.7. The molecule has 0 spiro atoms. The number of rotatable bonds is 5. The lowest BCUT2D eigenvalue weighted by Gasteiger charge is -2.25. The van der Waals surface area contributed by atoms with Gasteiger partial charge < -0.3 is 15.0 Å². The maximum Gasteiger partial charge on any atom is 0.274 e. The Labute approximate surface area is 156 Å². The lowest BCUT2D eigenvalue weighted by Crippen LogP contribution is -2.42. The van der Waals surface area contributed by atoms with Crippen LogP contribution in [0.15, 0.2) is 30.3 Å². The molecule has 3 rings (SSSR count). The van der Waals surface area contributed by atoms with Crippen LogP contribution in [0.1, 0.15) is 46.8 Å². The number of aromatic amines is 1. The molecule has 0 aliphatic carbocycles. The first-order valence-corrected chi connectivity index (χ1v) is 8.80. The minimum absolute atomic E-state index is 0.0329. The van der Waals surface area contributed by atoms with Gasteiger partial charge in [-0.25, -0.2) is 0 Å². The van der Waals surface area contributed by atoms with Crippen LogP contribution in [0.3, 0.4) is 0 Å². The summed E-state index contributed by atoms with van der Waals surface area (Å²) in [6.07, 6.45) is 0.281. The van der Waals surface area contributed by atoms with Crippen LogP contribution in [0, 0.1) is 0 Å². The van der Waals surface area contributed by atoms with E-state index >= 15 is 0 Å². The Morgan fingerprint density at radius 1 is 1.33 bits per heavy atom. The third kappa shape index (κ3) is 4.52. The number of H-pyrrole nitrogens is 1. The molecule has 0 bridgehead atoms. The van der Waals surface area contributed by atoms with Crippen LogP contribution in [0.4, 0.5) is 0 Å². The summed E-state index contributed by atoms with van der Waals surface area (Å²) in [6.45, 7) is 4.37. The van der Waals surface area contributed by atoms with E-state index in [1.165, 1.54) is 6.92 Å². The topological polar surface area (TPSA) is 104 Å². The van der Waals surface area contributed by atoms with Gasteiger partial charge in [-0.05, 0) is 32.0 Å². The summed E-state index contributed by atoms with van der Waals surface area (Å²) in [5, 5.41) is 9.66. The number of nitrogens with one attached hydrogen (secondary N) is 2. The van der Waals surface area contributed by atoms with Gasteiger partial charge in [0.25, 0.3) is 5.91 Å². The fraction of sp³-hybridized carbons (Fsp3) is 0.368. The van der Waals surface area contributed by atoms with Crippen molar-refractivity contribution >= 4 is 17.6 Å². The van der Waals surface area contributed by atoms with E-state index in [0.717, 1.165) is 0 Å². The number of carbonyl (C=O) groups is 3. The zero-order valence-electron chi connectivity index (χ0n) is 15.3. The predicted molar refractivity (Wildman–Crippen MR) is 97.5 cm³/mol. The molecule has 1 fully saturated rings. The fourth-order valence-corrected chi connectivity index (χ4v) is 2.86. The molecule has 8 heteroatoms. The number of hydrogen-bond donors (Lipinski definition) is 2. The number of ketones is 1. The van der Waals surface area contributed by atoms with Gasteiger partial charge in [-0.3, -0.25) is 19.5 Å². The van der Waals surface area contributed by atoms with E-state index in [2.05, 4.69) is 15.5 Å². The zero-order valence-corrected chi connectivity index (χ0v) is 15.3. The Bertz CT molecular complexity index is 861. The monoisotopic (exact) mass is 370 g/mol. The number of nitrogens with zero attached hydrogens (tertiary/aromatic N) is 2. The average molecular weight is 370 g/mol. The van der Waals surface area contributed by atoms with Crippen molar-refractivity contribution in [3.8, 4) is 5.75 Å². The molecule has 1 aliphatic heterocycles. The molecule has 2 amide bonds. The van der Waals surface area contributed by atoms with Crippen LogP contribution >= 0.6 is 0 Å². The lowest BCUT2D eigenvalue weighted by molar-refractivity contribution is -0.120. The van der Waals surface area contributed by atoms with Crippen LogP contribution in [0.25, 0.3) is 0 Å². The number of Topliss-reactive ketones (excluding diaryl/α,β-unsaturated/α-hetero) is 1. The zero-order chi connectivity index (χ0) is 19.4. The van der Waals surface area contributed by atoms with Crippen LogP contribution in [-0.2, 0) is 11.4 Å². The molecule has 8 nitrogen and oxygen atoms in total. The van der Waals surface area contributed by atoms with Gasteiger partial charge in [-0.15, -0.1) is 0 Å². The summed E-state index contributed by atoms with van der Waals surface area (Å²) in [7, 11) is 0. The Morgan fingerprint density at radius 3 is 2.93 bits per heavy atom. The van der Waals surface area contributed by atoms with E-state index in [0.29, 0.717) is 30.1 Å². The molecule has 2 heterocycles. The molecule has 1 saturated heterocycles. The summed E-state index contributed by atoms with van der Waals surface area (Å²) in [4.78, 5) is 37.3. The summed E-state index contributed by atoms with van der Waals surface area (Å²) in [5.41, 5.74) is 1.50. The van der Waals surface area contributed by atoms with E-state index in [9.17, 15) is 14.4 Å². The summed E-state index contributed by atoms with van der Waals surface area (Å²) >= 11 is 0. The van der Waals surface area contributed by atoms with Gasteiger partial charge in [-0.2, -0.15) is 5.10 Å². The van der Waals surface area contributed by atoms with Gasteiger partial charge in [-0.1, -0.05) is 12.1 Å². The fourth-order valence-electron chi connectivity index (χ4n) is 2.86. The minimum atomic E-state index is -0.222. The van der Waals surface area contributed by atoms with Gasteiger partial charge in [0.2, 0.25) is 5.91 Å². The van der Waals surface area contributed by atoms with Crippen molar-refractivity contribution in [2.75, 3.05) is 13.1 Å². The van der Waals surface area contributed by atoms with Crippen LogP contribution in [0.2, 0.25) is 0 Å². The first-order valence-electron chi connectivity index (χ1n) is 8.80. The average Bonchev–Trinajstić information content (AvgIpc) is 3.07. The number of aromatic nitrogens is 2. The number of ether oxygens (including phenoxy) is 1. The Morgan fingerprint density at radius 2 is 2.15 bits per heavy atom. The quantitative estimate of drug-likeness (QED) is 0.777. The molecule has 1 unspecified atom stereocenters. The van der Waals surface area contributed by atoms with Gasteiger partial charge in [0.1, 0.15) is 12.4 Å². The number of hydrogen-bond acceptors (Lipinski definition) is 5. The van der Waals surface area contributed by atoms with Crippen molar-refractivity contribution in [3.63, 3.8) is 0 Å². The highest BCUT2D eigenvalue weighted by atomic mass is 16.5. The highest BCUT2D eigenvalue weighted by molar-refractivity contribution is 5.94. The molecule has 2 aromatic rings. The summed E-state index contributed by atoms with van der Waals surface area (Å²) in [5.74, 6) is 0.256. The van der Waals surface area contributed by atoms with E-state index in [1.807, 2.05) is 6.92 Å². The van der Waals surface area contributed by atoms with E-state index < -0.39 is 0 Å². The summed E-state index contributed by atoms with van der Waals surface area (Å²) < 4.78 is 5.67. The Balaban J connectivity index is 1.64. The number of carbonyl (C=O) groups excluding carboxylic acids is 3. The molecule has 0 radical (unpaired) electrons. The lowest BCUT2D eigenvalue weighted by atomic mass is 10.1. The Kier molecular flexibility index (Phi) is 5.54. The highest BCUT2D eigenvalue weighted by Gasteiger charge is 2.26. The molecule has 142 valence electrons. The van der Waals surface area contributed by atoms with Gasteiger partial charge in [0.05, 0.1) is 5.69 Å². The highest BCUT2D eigenvalue weighted by Crippen LogP contribution is 2.16. The smallest absolute Gasteiger partial charge is 0.274 e. The number of benzene rings is 1. The van der Waals surface area contributed by atoms with E-state index in [1.54, 1.807) is 35.2 Å². The maximum absolute atomic E-state index is 12.7. The molecule has 1 aliphatic rings. The SMILES string of the molecule is CC(=O)c1cccc(OCc2cc(C(=O)N3CCC(=O)NCC3C)n[nH]2)c1. The molecular formula is C19H22N4O4. The molecular weight excluding hydrogens is 348 g/mol. The van der Waals surface area contributed by atoms with Gasteiger partial charge >= 0.3 is 0 Å². The second kappa shape index (κ2) is 8.03. The standard InChI is InChI=1S/C19H22N4O4/c1-12-10-20-18(25)6-7-23(12)19(26)17-9-15(21-22-17)11-27-16-5-3-4-14(8-16)13(2)24/h3-5,8-9,12H,6-7,10-11H2,1-2H3,(H,20,25)(H,21,22). The minimum Gasteiger partial charge on any atom is -0.487 e. The van der Waals surface area contributed by atoms with Crippen molar-refractivity contribution in [2.45, 2.75) is 32.9 Å². The predicted octanol–water partition coefficient (Wildman–Crippen LogP) is 1.54. The third-order valence-corrected chi connectivity index (χ3v) is 4.45. The first-order chi connectivity index (χ1) is 12.9. The second-order valence-corrected chi connectivity index (χ2v) is 6.55. The third-order valence-electron chi connectivity index (χ3n) is 4.45. The number of amides is 2. The van der Waals surface area contributed by atoms with E-state index in [4.69, 9.17) is 4.74 Å².